The number of nitrogens with two attached hydrogens (primary N) is 1. The Bertz CT molecular complexity index is 3460. The average Bonchev–Trinajstić information content (AvgIpc) is 3.77. The average molecular weight is 1040 g/mol. The number of carboxylic acid groups (broad SMARTS) is 1. The summed E-state index contributed by atoms with van der Waals surface area (Å²) in [6, 6.07) is 19.0. The molecule has 0 bridgehead atoms. The Kier molecular flexibility index (Phi) is 16.6. The Morgan fingerprint density at radius 1 is 0.667 bits per heavy atom. The zero-order chi connectivity index (χ0) is 53.9. The van der Waals surface area contributed by atoms with E-state index in [-0.39, 0.29) is 69.1 Å². The highest BCUT2D eigenvalue weighted by Crippen LogP contribution is 2.49. The molecule has 72 heavy (non-hydrogen) atoms. The molecule has 3 N–H and O–H groups in total. The Morgan fingerprint density at radius 3 is 1.65 bits per heavy atom. The van der Waals surface area contributed by atoms with E-state index in [0.717, 1.165) is 25.1 Å². The van der Waals surface area contributed by atoms with Crippen molar-refractivity contribution in [2.24, 2.45) is 28.2 Å². The summed E-state index contributed by atoms with van der Waals surface area (Å²) in [6.45, 7) is 1.08. The topological polar surface area (TPSA) is 185 Å². The molecule has 23 heteroatoms. The molecule has 0 saturated carbocycles. The van der Waals surface area contributed by atoms with Crippen LogP contribution in [0.5, 0.6) is 0 Å². The van der Waals surface area contributed by atoms with E-state index in [0.29, 0.717) is 62.3 Å². The van der Waals surface area contributed by atoms with Crippen LogP contribution in [0.15, 0.2) is 106 Å². The quantitative estimate of drug-likeness (QED) is 0.0729. The lowest BCUT2D eigenvalue weighted by molar-refractivity contribution is -0.138. The number of allylic oxidation sites excluding steroid dienone is 2. The van der Waals surface area contributed by atoms with Gasteiger partial charge in [-0.3, -0.25) is 42.7 Å². The zero-order valence-corrected chi connectivity index (χ0v) is 39.9. The predicted octanol–water partition coefficient (Wildman–Crippen LogP) is 9.19. The molecule has 0 amide bonds. The molecule has 9 rings (SSSR count). The van der Waals surface area contributed by atoms with Gasteiger partial charge in [0.1, 0.15) is 23.7 Å². The summed E-state index contributed by atoms with van der Waals surface area (Å²) in [7, 11) is 6.46. The highest BCUT2D eigenvalue weighted by atomic mass is 32.1. The van der Waals surface area contributed by atoms with Gasteiger partial charge in [-0.05, 0) is 77.5 Å². The molecule has 0 radical (unpaired) electrons. The van der Waals surface area contributed by atoms with Crippen molar-refractivity contribution in [3.05, 3.63) is 194 Å². The number of aliphatic carboxylic acids is 1. The number of nitrogens with zero attached hydrogens (tertiary/aromatic N) is 4. The second kappa shape index (κ2) is 21.7. The van der Waals surface area contributed by atoms with Gasteiger partial charge in [-0.2, -0.15) is 26.3 Å². The molecule has 3 aliphatic carbocycles. The number of anilines is 1. The molecule has 0 aliphatic heterocycles. The number of carbonyl (C=O) groups excluding carboxylic acids is 4. The number of benzene rings is 4. The molecular formula is C49H39F8N5O8S2. The van der Waals surface area contributed by atoms with Crippen LogP contribution in [0.2, 0.25) is 0 Å². The van der Waals surface area contributed by atoms with Crippen LogP contribution < -0.4 is 16.9 Å². The zero-order valence-electron chi connectivity index (χ0n) is 38.2. The third-order valence-corrected chi connectivity index (χ3v) is 12.3. The summed E-state index contributed by atoms with van der Waals surface area (Å²) in [4.78, 5) is 79.0. The molecular weight excluding hydrogens is 1000 g/mol. The number of fused-ring (bicyclic) bond motifs is 4. The van der Waals surface area contributed by atoms with Crippen molar-refractivity contribution in [2.45, 2.75) is 38.0 Å². The summed E-state index contributed by atoms with van der Waals surface area (Å²) in [6.07, 6.45) is -8.99. The standard InChI is InChI=1S/C24H16F4N2O2S.C9H6O2.C8H4F4O.C6H9N3OS.C2H4O2/c1-29-17-10-16-14-5-3-4-6-15(14)21(31)19(16)18(20(17)22(32)30(2)23(29)33)11-7-12(24(26,27)28)9-13(25)8-11;10-8-5-9(11)7-4-2-1-3-6(7)8;9-7-2-5(4-13)1-6(3-7)8(10,11)12;1-8-4(7)3-5(10)9(2)6(8)11;1-2(3)4/h3-9,18H,10H2,1-2H3;1-4H,5H2;1-4H;3H,7H2,1-2H3;1H3,(H,3,4). The lowest BCUT2D eigenvalue weighted by atomic mass is 9.76. The Balaban J connectivity index is 0.000000201. The summed E-state index contributed by atoms with van der Waals surface area (Å²) < 4.78 is 110. The van der Waals surface area contributed by atoms with Gasteiger partial charge in [-0.15, -0.1) is 0 Å². The van der Waals surface area contributed by atoms with E-state index in [4.69, 9.17) is 40.1 Å². The number of hydrogen-bond acceptors (Lipinski definition) is 10. The number of aldehydes is 1. The molecule has 13 nitrogen and oxygen atoms in total. The van der Waals surface area contributed by atoms with Crippen LogP contribution in [0.25, 0.3) is 5.57 Å². The number of halogens is 8. The number of Topliss-reactive ketones (excluding diaryl/α,β-unsaturated/α-hetero) is 3. The van der Waals surface area contributed by atoms with Crippen molar-refractivity contribution in [3.8, 4) is 0 Å². The molecule has 3 aliphatic rings. The Labute approximate surface area is 412 Å². The van der Waals surface area contributed by atoms with E-state index in [2.05, 4.69) is 0 Å². The van der Waals surface area contributed by atoms with Crippen molar-refractivity contribution < 1.29 is 64.2 Å². The number of carbonyl (C=O) groups is 5. The number of rotatable bonds is 2. The summed E-state index contributed by atoms with van der Waals surface area (Å²) in [5, 5.41) is 7.42. The summed E-state index contributed by atoms with van der Waals surface area (Å²) in [5.74, 6) is -4.26. The Hall–Kier alpha value is -7.79. The number of alkyl halides is 6. The normalized spacial score (nSPS) is 14.1. The molecule has 2 heterocycles. The van der Waals surface area contributed by atoms with Crippen molar-refractivity contribution in [2.75, 3.05) is 5.73 Å². The van der Waals surface area contributed by atoms with Crippen LogP contribution in [-0.4, -0.2) is 53.0 Å². The van der Waals surface area contributed by atoms with Gasteiger partial charge >= 0.3 is 12.4 Å². The minimum absolute atomic E-state index is 0.0504. The van der Waals surface area contributed by atoms with Crippen molar-refractivity contribution in [1.29, 1.82) is 0 Å². The largest absolute Gasteiger partial charge is 0.481 e. The van der Waals surface area contributed by atoms with Gasteiger partial charge in [0.15, 0.2) is 26.9 Å². The highest BCUT2D eigenvalue weighted by Gasteiger charge is 2.43. The van der Waals surface area contributed by atoms with Gasteiger partial charge in [0.25, 0.3) is 17.1 Å². The van der Waals surface area contributed by atoms with Crippen LogP contribution >= 0.6 is 24.4 Å². The fourth-order valence-electron chi connectivity index (χ4n) is 7.77. The first-order chi connectivity index (χ1) is 33.5. The van der Waals surface area contributed by atoms with Gasteiger partial charge in [-0.25, -0.2) is 8.78 Å². The van der Waals surface area contributed by atoms with Crippen LogP contribution in [-0.2, 0) is 51.8 Å². The van der Waals surface area contributed by atoms with E-state index < -0.39 is 52.6 Å². The SMILES string of the molecule is CC(=O)O.Cn1c(N)cc(=O)n(C)c1=S.Cn1c2c(c(=O)n(C)c1=S)C(c1cc(F)cc(C(F)(F)F)c1)C1=C(C2)c2ccccc2C1=O.O=C1CC(=O)c2ccccc21.O=Cc1cc(F)cc(C(F)(F)F)c1. The van der Waals surface area contributed by atoms with Crippen LogP contribution in [0, 0.1) is 21.2 Å². The Morgan fingerprint density at radius 2 is 1.14 bits per heavy atom. The molecule has 0 fully saturated rings. The second-order valence-electron chi connectivity index (χ2n) is 16.0. The molecule has 2 aromatic heterocycles. The van der Waals surface area contributed by atoms with E-state index in [1.807, 2.05) is 0 Å². The van der Waals surface area contributed by atoms with E-state index in [1.165, 1.54) is 22.2 Å². The van der Waals surface area contributed by atoms with Gasteiger partial charge < -0.3 is 20.0 Å². The minimum Gasteiger partial charge on any atom is -0.481 e. The smallest absolute Gasteiger partial charge is 0.416 e. The van der Waals surface area contributed by atoms with Crippen LogP contribution in [0.4, 0.5) is 40.9 Å². The van der Waals surface area contributed by atoms with Gasteiger partial charge in [-0.1, -0.05) is 48.5 Å². The first-order valence-corrected chi connectivity index (χ1v) is 21.6. The fraction of sp³-hybridized carbons (Fsp3) is 0.204. The van der Waals surface area contributed by atoms with Crippen molar-refractivity contribution in [1.82, 2.24) is 18.3 Å². The molecule has 1 unspecified atom stereocenters. The number of nitrogen functional groups attached to an aromatic ring is 1. The summed E-state index contributed by atoms with van der Waals surface area (Å²) >= 11 is 10.3. The molecule has 4 aromatic carbocycles. The van der Waals surface area contributed by atoms with Gasteiger partial charge in [0.05, 0.1) is 17.5 Å². The van der Waals surface area contributed by atoms with E-state index in [9.17, 15) is 63.9 Å². The first-order valence-electron chi connectivity index (χ1n) is 20.7. The first kappa shape index (κ1) is 55.1. The fourth-order valence-corrected chi connectivity index (χ4v) is 8.16. The predicted molar refractivity (Wildman–Crippen MR) is 252 cm³/mol. The lowest BCUT2D eigenvalue weighted by Gasteiger charge is -2.30. The molecule has 376 valence electrons. The number of ketones is 3. The monoisotopic (exact) mass is 1040 g/mol. The lowest BCUT2D eigenvalue weighted by Crippen LogP contribution is -2.34. The maximum atomic E-state index is 14.4. The minimum atomic E-state index is -4.80. The van der Waals surface area contributed by atoms with Crippen molar-refractivity contribution in [3.63, 3.8) is 0 Å². The third kappa shape index (κ3) is 11.9. The van der Waals surface area contributed by atoms with Crippen LogP contribution in [0.3, 0.4) is 0 Å². The molecule has 0 saturated heterocycles. The van der Waals surface area contributed by atoms with E-state index >= 15 is 0 Å². The maximum absolute atomic E-state index is 14.4. The van der Waals surface area contributed by atoms with Crippen LogP contribution in [0.1, 0.15) is 94.2 Å². The molecule has 6 aromatic rings. The molecule has 0 spiro atoms. The number of aromatic nitrogens is 4. The van der Waals surface area contributed by atoms with Gasteiger partial charge in [0, 0.05) is 92.6 Å². The number of carboxylic acids is 1. The third-order valence-electron chi connectivity index (χ3n) is 11.2. The van der Waals surface area contributed by atoms with Gasteiger partial charge in [0.2, 0.25) is 0 Å². The molecule has 1 atom stereocenters. The number of hydrogen-bond donors (Lipinski definition) is 2. The summed E-state index contributed by atoms with van der Waals surface area (Å²) in [5.41, 5.74) is 5.68. The maximum Gasteiger partial charge on any atom is 0.416 e. The highest BCUT2D eigenvalue weighted by molar-refractivity contribution is 7.71. The second-order valence-corrected chi connectivity index (χ2v) is 16.7. The van der Waals surface area contributed by atoms with Crippen molar-refractivity contribution >= 4 is 65.4 Å². The van der Waals surface area contributed by atoms with E-state index in [1.54, 1.807) is 78.8 Å².